The number of phenolic OH excluding ortho intramolecular Hbond substituents is 1. The molecule has 0 spiro atoms. The number of hydrogen-bond donors (Lipinski definition) is 6. The van der Waals surface area contributed by atoms with Crippen molar-refractivity contribution in [3.63, 3.8) is 0 Å². The first-order chi connectivity index (χ1) is 17.4. The zero-order chi connectivity index (χ0) is 26.5. The second-order valence-electron chi connectivity index (χ2n) is 10.7. The fourth-order valence-corrected chi connectivity index (χ4v) is 7.10. The van der Waals surface area contributed by atoms with Crippen LogP contribution in [-0.4, -0.2) is 111 Å². The van der Waals surface area contributed by atoms with E-state index in [4.69, 9.17) is 28.4 Å². The summed E-state index contributed by atoms with van der Waals surface area (Å²) in [5, 5.41) is 61.7. The van der Waals surface area contributed by atoms with Crippen LogP contribution in [0.15, 0.2) is 18.2 Å². The quantitative estimate of drug-likeness (QED) is 0.222. The molecular weight excluding hydrogens is 496 g/mol. The first kappa shape index (κ1) is 25.2. The van der Waals surface area contributed by atoms with E-state index in [0.29, 0.717) is 0 Å². The summed E-state index contributed by atoms with van der Waals surface area (Å²) in [4.78, 5) is 12.9. The van der Waals surface area contributed by atoms with Crippen LogP contribution in [0, 0.1) is 11.3 Å². The maximum atomic E-state index is 12.9. The Bertz CT molecular complexity index is 1110. The van der Waals surface area contributed by atoms with E-state index in [2.05, 4.69) is 0 Å². The van der Waals surface area contributed by atoms with Gasteiger partial charge in [0.25, 0.3) is 0 Å². The predicted molar refractivity (Wildman–Crippen MR) is 117 cm³/mol. The molecule has 0 unspecified atom stereocenters. The number of aliphatic hydroxyl groups is 5. The van der Waals surface area contributed by atoms with Crippen LogP contribution in [0.25, 0.3) is 0 Å². The Kier molecular flexibility index (Phi) is 5.44. The van der Waals surface area contributed by atoms with E-state index in [9.17, 15) is 35.4 Å². The number of ether oxygens (including phenoxy) is 6. The minimum atomic E-state index is -1.65. The molecule has 4 aliphatic heterocycles. The van der Waals surface area contributed by atoms with Gasteiger partial charge in [-0.25, -0.2) is 4.79 Å². The number of methoxy groups -OCH3 is 1. The van der Waals surface area contributed by atoms with Crippen molar-refractivity contribution in [1.82, 2.24) is 0 Å². The smallest absolute Gasteiger partial charge is 0.338 e. The summed E-state index contributed by atoms with van der Waals surface area (Å²) in [5.74, 6) is -2.85. The van der Waals surface area contributed by atoms with Gasteiger partial charge in [0, 0.05) is 12.3 Å². The second-order valence-corrected chi connectivity index (χ2v) is 10.7. The summed E-state index contributed by atoms with van der Waals surface area (Å²) < 4.78 is 34.7. The predicted octanol–water partition coefficient (Wildman–Crippen LogP) is -1.64. The van der Waals surface area contributed by atoms with Crippen LogP contribution >= 0.6 is 0 Å². The van der Waals surface area contributed by atoms with Gasteiger partial charge in [0.05, 0.1) is 24.7 Å². The van der Waals surface area contributed by atoms with Crippen molar-refractivity contribution in [2.45, 2.75) is 73.8 Å². The minimum absolute atomic E-state index is 0.0451. The molecule has 1 aromatic rings. The van der Waals surface area contributed by atoms with Crippen molar-refractivity contribution in [3.05, 3.63) is 23.8 Å². The molecule has 0 aromatic heterocycles. The molecule has 13 nitrogen and oxygen atoms in total. The van der Waals surface area contributed by atoms with Gasteiger partial charge < -0.3 is 59.1 Å². The zero-order valence-electron chi connectivity index (χ0n) is 20.1. The molecule has 4 saturated heterocycles. The molecule has 3 saturated carbocycles. The average molecular weight is 526 g/mol. The molecule has 0 amide bonds. The summed E-state index contributed by atoms with van der Waals surface area (Å²) in [5.41, 5.74) is -3.46. The van der Waals surface area contributed by atoms with Gasteiger partial charge in [0.15, 0.2) is 29.9 Å². The van der Waals surface area contributed by atoms with E-state index in [1.54, 1.807) is 6.92 Å². The summed E-state index contributed by atoms with van der Waals surface area (Å²) in [6.07, 6.45) is -8.24. The highest BCUT2D eigenvalue weighted by atomic mass is 16.8. The topological polar surface area (TPSA) is 194 Å². The van der Waals surface area contributed by atoms with Gasteiger partial charge in [-0.3, -0.25) is 0 Å². The first-order valence-electron chi connectivity index (χ1n) is 12.1. The Balaban J connectivity index is 1.30. The fourth-order valence-electron chi connectivity index (χ4n) is 7.10. The summed E-state index contributed by atoms with van der Waals surface area (Å²) in [7, 11) is 1.35. The van der Waals surface area contributed by atoms with E-state index in [0.717, 1.165) is 0 Å². The number of phenols is 1. The van der Waals surface area contributed by atoms with Gasteiger partial charge in [-0.05, 0) is 31.5 Å². The summed E-state index contributed by atoms with van der Waals surface area (Å²) in [6, 6.07) is 4.00. The van der Waals surface area contributed by atoms with Crippen molar-refractivity contribution >= 4 is 5.97 Å². The highest BCUT2D eigenvalue weighted by molar-refractivity contribution is 5.90. The minimum Gasteiger partial charge on any atom is -0.504 e. The first-order valence-corrected chi connectivity index (χ1v) is 12.1. The van der Waals surface area contributed by atoms with Crippen molar-refractivity contribution < 1.29 is 63.9 Å². The molecule has 0 radical (unpaired) electrons. The van der Waals surface area contributed by atoms with E-state index < -0.39 is 77.9 Å². The summed E-state index contributed by atoms with van der Waals surface area (Å²) >= 11 is 0. The average Bonchev–Trinajstić information content (AvgIpc) is 3.05. The molecule has 13 heteroatoms. The number of carbonyl (C=O) groups is 1. The number of benzene rings is 1. The second kappa shape index (κ2) is 7.97. The molecule has 8 rings (SSSR count). The standard InChI is InChI=1S/C24H30O13/c1-21-8-23(31)14-6-24(21,35-19-17(29)16(28)15(27)13(7-25)34-19)22(14,20(36-21)37-23)9-33-18(30)10-3-4-11(26)12(5-10)32-2/h3-5,13-17,19-20,25-29,31H,6-9H2,1-2H3/t13-,14-,15-,16+,17-,19+,20-,21+,22+,23-,24+/m1/s1. The lowest BCUT2D eigenvalue weighted by Gasteiger charge is -2.67. The maximum absolute atomic E-state index is 12.9. The van der Waals surface area contributed by atoms with E-state index in [-0.39, 0.29) is 36.5 Å². The molecule has 7 aliphatic rings. The van der Waals surface area contributed by atoms with Crippen molar-refractivity contribution in [2.24, 2.45) is 11.3 Å². The normalized spacial score (nSPS) is 49.1. The number of esters is 1. The van der Waals surface area contributed by atoms with Crippen LogP contribution < -0.4 is 4.74 Å². The molecule has 7 fully saturated rings. The lowest BCUT2D eigenvalue weighted by atomic mass is 9.41. The SMILES string of the molecule is COc1cc(C(=O)OC[C@]23[C@H]4O[C@]5(O)C[C@](C)(O4)[C@@]2(O[C@@H]2O[C@H](CO)[C@@H](O)[C@H](O)[C@H]2O)C[C@H]35)ccc1O. The molecule has 3 aliphatic carbocycles. The third kappa shape index (κ3) is 3.03. The zero-order valence-corrected chi connectivity index (χ0v) is 20.1. The molecule has 204 valence electrons. The van der Waals surface area contributed by atoms with Gasteiger partial charge in [-0.2, -0.15) is 0 Å². The fraction of sp³-hybridized carbons (Fsp3) is 0.708. The van der Waals surface area contributed by atoms with Crippen molar-refractivity contribution in [3.8, 4) is 11.5 Å². The van der Waals surface area contributed by atoms with Crippen LogP contribution in [0.3, 0.4) is 0 Å². The van der Waals surface area contributed by atoms with Gasteiger partial charge >= 0.3 is 5.97 Å². The van der Waals surface area contributed by atoms with E-state index in [1.165, 1.54) is 25.3 Å². The van der Waals surface area contributed by atoms with Crippen molar-refractivity contribution in [2.75, 3.05) is 20.3 Å². The Morgan fingerprint density at radius 2 is 1.92 bits per heavy atom. The van der Waals surface area contributed by atoms with Crippen LogP contribution in [-0.2, 0) is 23.7 Å². The van der Waals surface area contributed by atoms with Crippen LogP contribution in [0.4, 0.5) is 0 Å². The monoisotopic (exact) mass is 526 g/mol. The largest absolute Gasteiger partial charge is 0.504 e. The van der Waals surface area contributed by atoms with Gasteiger partial charge in [-0.1, -0.05) is 0 Å². The highest BCUT2D eigenvalue weighted by Gasteiger charge is 2.94. The molecule has 4 heterocycles. The van der Waals surface area contributed by atoms with E-state index in [1.807, 2.05) is 0 Å². The van der Waals surface area contributed by atoms with E-state index >= 15 is 0 Å². The summed E-state index contributed by atoms with van der Waals surface area (Å²) in [6.45, 7) is 0.819. The van der Waals surface area contributed by atoms with Crippen LogP contribution in [0.1, 0.15) is 30.1 Å². The third-order valence-electron chi connectivity index (χ3n) is 8.98. The molecule has 6 N–H and O–H groups in total. The molecular formula is C24H30O13. The highest BCUT2D eigenvalue weighted by Crippen LogP contribution is 2.81. The lowest BCUT2D eigenvalue weighted by molar-refractivity contribution is -0.424. The Labute approximate surface area is 211 Å². The molecule has 1 aromatic carbocycles. The number of aliphatic hydroxyl groups excluding tert-OH is 4. The van der Waals surface area contributed by atoms with Crippen LogP contribution in [0.5, 0.6) is 11.5 Å². The number of hydrogen-bond acceptors (Lipinski definition) is 13. The van der Waals surface area contributed by atoms with Gasteiger partial charge in [-0.15, -0.1) is 0 Å². The van der Waals surface area contributed by atoms with Gasteiger partial charge in [0.2, 0.25) is 0 Å². The van der Waals surface area contributed by atoms with Crippen molar-refractivity contribution in [1.29, 1.82) is 0 Å². The Hall–Kier alpha value is -2.07. The lowest BCUT2D eigenvalue weighted by Crippen LogP contribution is -2.80. The molecule has 37 heavy (non-hydrogen) atoms. The molecule has 11 atom stereocenters. The Morgan fingerprint density at radius 1 is 1.16 bits per heavy atom. The third-order valence-corrected chi connectivity index (χ3v) is 8.98. The molecule has 6 bridgehead atoms. The number of carbonyl (C=O) groups excluding carboxylic acids is 1. The maximum Gasteiger partial charge on any atom is 0.338 e. The number of rotatable bonds is 7. The van der Waals surface area contributed by atoms with Gasteiger partial charge in [0.1, 0.15) is 42.2 Å². The number of aromatic hydroxyl groups is 1. The van der Waals surface area contributed by atoms with Crippen LogP contribution in [0.2, 0.25) is 0 Å². The Morgan fingerprint density at radius 3 is 2.62 bits per heavy atom.